The maximum atomic E-state index is 12.6. The molecule has 0 aliphatic carbocycles. The molecule has 0 fully saturated rings. The lowest BCUT2D eigenvalue weighted by molar-refractivity contribution is -0.183. The Kier molecular flexibility index (Phi) is 2.35. The third kappa shape index (κ3) is 1.57. The summed E-state index contributed by atoms with van der Waals surface area (Å²) in [7, 11) is 0. The molecule has 0 aliphatic rings. The van der Waals surface area contributed by atoms with E-state index in [1.807, 2.05) is 0 Å². The second-order valence-electron chi connectivity index (χ2n) is 2.00. The summed E-state index contributed by atoms with van der Waals surface area (Å²) in [5.41, 5.74) is -0.515. The van der Waals surface area contributed by atoms with Crippen LogP contribution < -0.4 is 0 Å². The average Bonchev–Trinajstić information content (AvgIpc) is 2.03. The average molecular weight is 174 g/mol. The SMILES string of the molecule is O=C(OO)c1ccc(F)cc1F. The summed E-state index contributed by atoms with van der Waals surface area (Å²) in [6.45, 7) is 0. The van der Waals surface area contributed by atoms with Gasteiger partial charge in [0.15, 0.2) is 0 Å². The second kappa shape index (κ2) is 3.27. The Bertz CT molecular complexity index is 312. The van der Waals surface area contributed by atoms with Crippen LogP contribution in [0.15, 0.2) is 18.2 Å². The molecule has 64 valence electrons. The summed E-state index contributed by atoms with van der Waals surface area (Å²) >= 11 is 0. The van der Waals surface area contributed by atoms with Gasteiger partial charge in [-0.1, -0.05) is 0 Å². The number of rotatable bonds is 1. The van der Waals surface area contributed by atoms with Gasteiger partial charge in [0, 0.05) is 6.07 Å². The van der Waals surface area contributed by atoms with E-state index in [0.717, 1.165) is 12.1 Å². The highest BCUT2D eigenvalue weighted by Crippen LogP contribution is 2.09. The topological polar surface area (TPSA) is 46.5 Å². The first-order valence-corrected chi connectivity index (χ1v) is 2.96. The molecule has 0 aromatic heterocycles. The highest BCUT2D eigenvalue weighted by atomic mass is 19.1. The van der Waals surface area contributed by atoms with Gasteiger partial charge in [-0.25, -0.2) is 13.6 Å². The van der Waals surface area contributed by atoms with E-state index in [-0.39, 0.29) is 0 Å². The van der Waals surface area contributed by atoms with Gasteiger partial charge in [-0.05, 0) is 12.1 Å². The van der Waals surface area contributed by atoms with Crippen molar-refractivity contribution < 1.29 is 23.7 Å². The van der Waals surface area contributed by atoms with E-state index in [9.17, 15) is 13.6 Å². The first-order valence-electron chi connectivity index (χ1n) is 2.96. The van der Waals surface area contributed by atoms with E-state index in [4.69, 9.17) is 5.26 Å². The molecule has 0 unspecified atom stereocenters. The maximum Gasteiger partial charge on any atom is 0.375 e. The van der Waals surface area contributed by atoms with Crippen LogP contribution >= 0.6 is 0 Å². The number of hydrogen-bond acceptors (Lipinski definition) is 3. The molecule has 1 N–H and O–H groups in total. The fourth-order valence-corrected chi connectivity index (χ4v) is 0.704. The summed E-state index contributed by atoms with van der Waals surface area (Å²) in [6.07, 6.45) is 0. The van der Waals surface area contributed by atoms with Gasteiger partial charge in [-0.3, -0.25) is 4.89 Å². The lowest BCUT2D eigenvalue weighted by Gasteiger charge is -1.97. The molecule has 0 heterocycles. The van der Waals surface area contributed by atoms with Crippen molar-refractivity contribution in [1.82, 2.24) is 0 Å². The van der Waals surface area contributed by atoms with Crippen LogP contribution in [0.2, 0.25) is 0 Å². The van der Waals surface area contributed by atoms with Crippen molar-refractivity contribution >= 4 is 5.97 Å². The van der Waals surface area contributed by atoms with E-state index in [1.54, 1.807) is 0 Å². The molecule has 0 radical (unpaired) electrons. The normalized spacial score (nSPS) is 9.58. The smallest absolute Gasteiger partial charge is 0.295 e. The molecular formula is C7H4F2O3. The van der Waals surface area contributed by atoms with Gasteiger partial charge < -0.3 is 0 Å². The highest BCUT2D eigenvalue weighted by molar-refractivity contribution is 5.89. The Balaban J connectivity index is 3.09. The molecule has 1 rings (SSSR count). The van der Waals surface area contributed by atoms with Gasteiger partial charge in [0.1, 0.15) is 11.6 Å². The molecule has 12 heavy (non-hydrogen) atoms. The molecule has 1 aromatic carbocycles. The molecule has 0 saturated carbocycles. The number of carbonyl (C=O) groups excluding carboxylic acids is 1. The van der Waals surface area contributed by atoms with Gasteiger partial charge in [-0.2, -0.15) is 5.26 Å². The van der Waals surface area contributed by atoms with Gasteiger partial charge in [0.25, 0.3) is 0 Å². The third-order valence-corrected chi connectivity index (χ3v) is 1.23. The van der Waals surface area contributed by atoms with Crippen molar-refractivity contribution in [3.8, 4) is 0 Å². The summed E-state index contributed by atoms with van der Waals surface area (Å²) < 4.78 is 24.9. The van der Waals surface area contributed by atoms with Crippen LogP contribution in [0, 0.1) is 11.6 Å². The molecule has 0 atom stereocenters. The summed E-state index contributed by atoms with van der Waals surface area (Å²) in [5, 5.41) is 7.87. The Morgan fingerprint density at radius 2 is 2.08 bits per heavy atom. The van der Waals surface area contributed by atoms with Crippen LogP contribution in [0.4, 0.5) is 8.78 Å². The van der Waals surface area contributed by atoms with E-state index < -0.39 is 23.2 Å². The van der Waals surface area contributed by atoms with Gasteiger partial charge in [-0.15, -0.1) is 0 Å². The predicted octanol–water partition coefficient (Wildman–Crippen LogP) is 1.59. The van der Waals surface area contributed by atoms with Crippen molar-refractivity contribution in [2.45, 2.75) is 0 Å². The van der Waals surface area contributed by atoms with Crippen LogP contribution in [-0.4, -0.2) is 11.2 Å². The standard InChI is InChI=1S/C7H4F2O3/c8-4-1-2-5(6(9)3-4)7(10)12-11/h1-3,11H. The van der Waals surface area contributed by atoms with E-state index in [0.29, 0.717) is 6.07 Å². The molecule has 0 bridgehead atoms. The lowest BCUT2D eigenvalue weighted by Crippen LogP contribution is -2.04. The molecule has 0 amide bonds. The monoisotopic (exact) mass is 174 g/mol. The predicted molar refractivity (Wildman–Crippen MR) is 34.4 cm³/mol. The minimum absolute atomic E-state index is 0.515. The largest absolute Gasteiger partial charge is 0.375 e. The Labute approximate surface area is 66.1 Å². The number of carbonyl (C=O) groups is 1. The van der Waals surface area contributed by atoms with E-state index >= 15 is 0 Å². The quantitative estimate of drug-likeness (QED) is 0.519. The van der Waals surface area contributed by atoms with Crippen molar-refractivity contribution in [2.75, 3.05) is 0 Å². The zero-order valence-corrected chi connectivity index (χ0v) is 5.75. The molecule has 5 heteroatoms. The minimum atomic E-state index is -1.26. The molecule has 0 aliphatic heterocycles. The zero-order chi connectivity index (χ0) is 9.14. The summed E-state index contributed by atoms with van der Waals surface area (Å²) in [6, 6.07) is 2.28. The van der Waals surface area contributed by atoms with Gasteiger partial charge >= 0.3 is 5.97 Å². The molecule has 0 saturated heterocycles. The van der Waals surface area contributed by atoms with Crippen LogP contribution in [-0.2, 0) is 4.89 Å². The number of hydrogen-bond donors (Lipinski definition) is 1. The lowest BCUT2D eigenvalue weighted by atomic mass is 10.2. The third-order valence-electron chi connectivity index (χ3n) is 1.23. The van der Waals surface area contributed by atoms with E-state index in [1.165, 1.54) is 0 Å². The van der Waals surface area contributed by atoms with E-state index in [2.05, 4.69) is 4.89 Å². The van der Waals surface area contributed by atoms with Crippen molar-refractivity contribution in [3.05, 3.63) is 35.4 Å². The summed E-state index contributed by atoms with van der Waals surface area (Å²) in [5.74, 6) is -3.14. The first-order chi connectivity index (χ1) is 5.65. The fraction of sp³-hybridized carbons (Fsp3) is 0. The fourth-order valence-electron chi connectivity index (χ4n) is 0.704. The molecular weight excluding hydrogens is 170 g/mol. The van der Waals surface area contributed by atoms with Crippen LogP contribution in [0.1, 0.15) is 10.4 Å². The van der Waals surface area contributed by atoms with Gasteiger partial charge in [0.05, 0.1) is 5.56 Å². The Morgan fingerprint density at radius 1 is 1.42 bits per heavy atom. The zero-order valence-electron chi connectivity index (χ0n) is 5.75. The first kappa shape index (κ1) is 8.61. The maximum absolute atomic E-state index is 12.6. The summed E-state index contributed by atoms with van der Waals surface area (Å²) in [4.78, 5) is 13.8. The highest BCUT2D eigenvalue weighted by Gasteiger charge is 2.13. The van der Waals surface area contributed by atoms with Crippen LogP contribution in [0.25, 0.3) is 0 Å². The Morgan fingerprint density at radius 3 is 2.58 bits per heavy atom. The Hall–Kier alpha value is -1.49. The molecule has 3 nitrogen and oxygen atoms in total. The van der Waals surface area contributed by atoms with Crippen molar-refractivity contribution in [1.29, 1.82) is 0 Å². The number of halogens is 2. The van der Waals surface area contributed by atoms with Gasteiger partial charge in [0.2, 0.25) is 0 Å². The van der Waals surface area contributed by atoms with Crippen molar-refractivity contribution in [3.63, 3.8) is 0 Å². The van der Waals surface area contributed by atoms with Crippen LogP contribution in [0.3, 0.4) is 0 Å². The second-order valence-corrected chi connectivity index (χ2v) is 2.00. The minimum Gasteiger partial charge on any atom is -0.295 e. The number of benzene rings is 1. The van der Waals surface area contributed by atoms with Crippen molar-refractivity contribution in [2.24, 2.45) is 0 Å². The molecule has 0 spiro atoms. The van der Waals surface area contributed by atoms with Crippen LogP contribution in [0.5, 0.6) is 0 Å². The molecule has 1 aromatic rings.